The van der Waals surface area contributed by atoms with E-state index in [9.17, 15) is 0 Å². The predicted molar refractivity (Wildman–Crippen MR) is 65.2 cm³/mol. The number of aryl methyl sites for hydroxylation is 2. The van der Waals surface area contributed by atoms with Gasteiger partial charge in [0.1, 0.15) is 5.76 Å². The zero-order valence-electron chi connectivity index (χ0n) is 10.2. The summed E-state index contributed by atoms with van der Waals surface area (Å²) in [6.45, 7) is 4.96. The molecule has 0 aromatic carbocycles. The molecule has 2 rings (SSSR count). The number of hydrazine groups is 1. The van der Waals surface area contributed by atoms with Crippen molar-refractivity contribution in [2.75, 3.05) is 0 Å². The van der Waals surface area contributed by atoms with Gasteiger partial charge in [0.2, 0.25) is 0 Å². The Morgan fingerprint density at radius 2 is 2.35 bits per heavy atom. The monoisotopic (exact) mass is 234 g/mol. The van der Waals surface area contributed by atoms with E-state index in [1.54, 1.807) is 6.26 Å². The average molecular weight is 234 g/mol. The molecule has 2 aromatic rings. The molecular weight excluding hydrogens is 216 g/mol. The molecule has 2 heterocycles. The summed E-state index contributed by atoms with van der Waals surface area (Å²) < 4.78 is 7.31. The minimum Gasteiger partial charge on any atom is -0.469 e. The number of aromatic nitrogens is 2. The molecule has 0 spiro atoms. The number of rotatable bonds is 5. The number of hydrogen-bond donors (Lipinski definition) is 2. The maximum atomic E-state index is 5.64. The quantitative estimate of drug-likeness (QED) is 0.609. The lowest BCUT2D eigenvalue weighted by molar-refractivity contribution is 0.502. The van der Waals surface area contributed by atoms with E-state index in [0.29, 0.717) is 0 Å². The third-order valence-corrected chi connectivity index (χ3v) is 2.89. The van der Waals surface area contributed by atoms with Crippen LogP contribution in [0, 0.1) is 0 Å². The van der Waals surface area contributed by atoms with E-state index in [4.69, 9.17) is 10.3 Å². The molecule has 0 saturated carbocycles. The Kier molecular flexibility index (Phi) is 3.61. The molecule has 0 saturated heterocycles. The van der Waals surface area contributed by atoms with Crippen molar-refractivity contribution >= 4 is 0 Å². The van der Waals surface area contributed by atoms with Gasteiger partial charge < -0.3 is 4.42 Å². The number of nitrogens with one attached hydrogen (secondary N) is 1. The molecular formula is C12H18N4O. The lowest BCUT2D eigenvalue weighted by atomic mass is 10.0. The van der Waals surface area contributed by atoms with Gasteiger partial charge >= 0.3 is 0 Å². The molecule has 3 N–H and O–H groups in total. The van der Waals surface area contributed by atoms with Crippen molar-refractivity contribution in [3.8, 4) is 0 Å². The van der Waals surface area contributed by atoms with Gasteiger partial charge in [-0.1, -0.05) is 6.92 Å². The fourth-order valence-corrected chi connectivity index (χ4v) is 1.96. The van der Waals surface area contributed by atoms with Crippen LogP contribution in [-0.2, 0) is 13.0 Å². The van der Waals surface area contributed by atoms with Crippen molar-refractivity contribution < 1.29 is 4.42 Å². The van der Waals surface area contributed by atoms with Crippen LogP contribution in [0.25, 0.3) is 0 Å². The first kappa shape index (κ1) is 11.9. The summed E-state index contributed by atoms with van der Waals surface area (Å²) in [5.74, 6) is 6.60. The van der Waals surface area contributed by atoms with E-state index < -0.39 is 0 Å². The van der Waals surface area contributed by atoms with Crippen LogP contribution in [0.1, 0.15) is 36.8 Å². The van der Waals surface area contributed by atoms with Crippen molar-refractivity contribution in [2.24, 2.45) is 5.84 Å². The number of nitrogens with two attached hydrogens (primary N) is 1. The van der Waals surface area contributed by atoms with E-state index in [2.05, 4.69) is 24.4 Å². The van der Waals surface area contributed by atoms with Gasteiger partial charge in [-0.25, -0.2) is 5.43 Å². The molecule has 0 bridgehead atoms. The maximum Gasteiger partial charge on any atom is 0.108 e. The molecule has 5 heteroatoms. The van der Waals surface area contributed by atoms with Gasteiger partial charge in [-0.05, 0) is 13.0 Å². The van der Waals surface area contributed by atoms with Crippen molar-refractivity contribution in [3.05, 3.63) is 41.6 Å². The first-order valence-electron chi connectivity index (χ1n) is 5.84. The Labute approximate surface area is 101 Å². The Hall–Kier alpha value is -1.59. The molecule has 0 radical (unpaired) electrons. The molecule has 0 amide bonds. The maximum absolute atomic E-state index is 5.64. The van der Waals surface area contributed by atoms with Crippen LogP contribution in [0.3, 0.4) is 0 Å². The second-order valence-electron chi connectivity index (χ2n) is 3.88. The van der Waals surface area contributed by atoms with Crippen LogP contribution in [0.5, 0.6) is 0 Å². The first-order valence-corrected chi connectivity index (χ1v) is 5.84. The van der Waals surface area contributed by atoms with Crippen molar-refractivity contribution in [1.82, 2.24) is 15.2 Å². The highest BCUT2D eigenvalue weighted by Gasteiger charge is 2.19. The number of hydrogen-bond acceptors (Lipinski definition) is 4. The molecule has 1 unspecified atom stereocenters. The Balaban J connectivity index is 2.33. The summed E-state index contributed by atoms with van der Waals surface area (Å²) >= 11 is 0. The standard InChI is InChI=1S/C12H18N4O/c1-3-11-10(5-6-17-11)12(15-13)9-7-14-16(4-2)8-9/h5-8,12,15H,3-4,13H2,1-2H3. The van der Waals surface area contributed by atoms with Crippen LogP contribution in [-0.4, -0.2) is 9.78 Å². The average Bonchev–Trinajstić information content (AvgIpc) is 2.99. The summed E-state index contributed by atoms with van der Waals surface area (Å²) in [7, 11) is 0. The number of furan rings is 1. The summed E-state index contributed by atoms with van der Waals surface area (Å²) in [5, 5.41) is 4.26. The minimum absolute atomic E-state index is 0.0657. The van der Waals surface area contributed by atoms with Gasteiger partial charge in [-0.2, -0.15) is 5.10 Å². The molecule has 0 aliphatic heterocycles. The fourth-order valence-electron chi connectivity index (χ4n) is 1.96. The zero-order valence-corrected chi connectivity index (χ0v) is 10.2. The Bertz CT molecular complexity index is 474. The molecule has 92 valence electrons. The third kappa shape index (κ3) is 2.25. The summed E-state index contributed by atoms with van der Waals surface area (Å²) in [4.78, 5) is 0. The lowest BCUT2D eigenvalue weighted by Gasteiger charge is -2.13. The van der Waals surface area contributed by atoms with E-state index in [0.717, 1.165) is 29.9 Å². The van der Waals surface area contributed by atoms with Gasteiger partial charge in [-0.15, -0.1) is 0 Å². The lowest BCUT2D eigenvalue weighted by Crippen LogP contribution is -2.28. The van der Waals surface area contributed by atoms with E-state index in [1.807, 2.05) is 23.1 Å². The summed E-state index contributed by atoms with van der Waals surface area (Å²) in [5.41, 5.74) is 4.94. The van der Waals surface area contributed by atoms with Crippen molar-refractivity contribution in [1.29, 1.82) is 0 Å². The van der Waals surface area contributed by atoms with Crippen LogP contribution < -0.4 is 11.3 Å². The smallest absolute Gasteiger partial charge is 0.108 e. The highest BCUT2D eigenvalue weighted by atomic mass is 16.3. The van der Waals surface area contributed by atoms with Crippen molar-refractivity contribution in [2.45, 2.75) is 32.9 Å². The molecule has 17 heavy (non-hydrogen) atoms. The fraction of sp³-hybridized carbons (Fsp3) is 0.417. The Morgan fingerprint density at radius 1 is 1.53 bits per heavy atom. The third-order valence-electron chi connectivity index (χ3n) is 2.89. The SMILES string of the molecule is CCc1occc1C(NN)c1cnn(CC)c1. The van der Waals surface area contributed by atoms with Crippen LogP contribution in [0.4, 0.5) is 0 Å². The van der Waals surface area contributed by atoms with Crippen LogP contribution in [0.2, 0.25) is 0 Å². The molecule has 0 aliphatic carbocycles. The second-order valence-corrected chi connectivity index (χ2v) is 3.88. The molecule has 1 atom stereocenters. The summed E-state index contributed by atoms with van der Waals surface area (Å²) in [6, 6.07) is 1.89. The second kappa shape index (κ2) is 5.16. The minimum atomic E-state index is -0.0657. The highest BCUT2D eigenvalue weighted by molar-refractivity contribution is 5.30. The van der Waals surface area contributed by atoms with Gasteiger partial charge in [0, 0.05) is 30.3 Å². The molecule has 0 fully saturated rings. The first-order chi connectivity index (χ1) is 8.30. The van der Waals surface area contributed by atoms with Crippen LogP contribution >= 0.6 is 0 Å². The van der Waals surface area contributed by atoms with Crippen molar-refractivity contribution in [3.63, 3.8) is 0 Å². The molecule has 5 nitrogen and oxygen atoms in total. The van der Waals surface area contributed by atoms with Gasteiger partial charge in [0.15, 0.2) is 0 Å². The van der Waals surface area contributed by atoms with E-state index in [1.165, 1.54) is 0 Å². The number of nitrogens with zero attached hydrogens (tertiary/aromatic N) is 2. The largest absolute Gasteiger partial charge is 0.469 e. The summed E-state index contributed by atoms with van der Waals surface area (Å²) in [6.07, 6.45) is 6.38. The van der Waals surface area contributed by atoms with E-state index in [-0.39, 0.29) is 6.04 Å². The van der Waals surface area contributed by atoms with Gasteiger partial charge in [0.05, 0.1) is 18.5 Å². The highest BCUT2D eigenvalue weighted by Crippen LogP contribution is 2.25. The van der Waals surface area contributed by atoms with E-state index >= 15 is 0 Å². The Morgan fingerprint density at radius 3 is 2.94 bits per heavy atom. The molecule has 0 aliphatic rings. The molecule has 2 aromatic heterocycles. The predicted octanol–water partition coefficient (Wildman–Crippen LogP) is 1.61. The normalized spacial score (nSPS) is 12.9. The van der Waals surface area contributed by atoms with Gasteiger partial charge in [0.25, 0.3) is 0 Å². The zero-order chi connectivity index (χ0) is 12.3. The topological polar surface area (TPSA) is 69.0 Å². The van der Waals surface area contributed by atoms with Crippen LogP contribution in [0.15, 0.2) is 29.1 Å². The van der Waals surface area contributed by atoms with Gasteiger partial charge in [-0.3, -0.25) is 10.5 Å².